The number of carbonyl (C=O) groups excluding carboxylic acids is 2. The molecule has 1 saturated carbocycles. The summed E-state index contributed by atoms with van der Waals surface area (Å²) in [5.41, 5.74) is 1.67. The molecule has 194 valence electrons. The fourth-order valence-electron chi connectivity index (χ4n) is 4.16. The van der Waals surface area contributed by atoms with Crippen molar-refractivity contribution in [1.82, 2.24) is 16.0 Å². The fraction of sp³-hybridized carbons (Fsp3) is 0.385. The summed E-state index contributed by atoms with van der Waals surface area (Å²) in [7, 11) is 0. The van der Waals surface area contributed by atoms with Crippen molar-refractivity contribution >= 4 is 35.1 Å². The van der Waals surface area contributed by atoms with Crippen LogP contribution in [0.2, 0.25) is 5.02 Å². The van der Waals surface area contributed by atoms with E-state index >= 15 is 0 Å². The Morgan fingerprint density at radius 1 is 1.30 bits per heavy atom. The molecule has 2 atom stereocenters. The van der Waals surface area contributed by atoms with Crippen molar-refractivity contribution in [3.8, 4) is 11.8 Å². The third-order valence-corrected chi connectivity index (χ3v) is 6.59. The van der Waals surface area contributed by atoms with E-state index in [4.69, 9.17) is 11.6 Å². The number of anilines is 1. The van der Waals surface area contributed by atoms with Crippen molar-refractivity contribution in [3.05, 3.63) is 58.1 Å². The standard InChI is InChI=1S/C26H28ClFN6O3/c1-2-22(15-5-17(9-18(27)6-15)26(14-29)3-4-26)34-23(36)13-30-24(37)16-7-20(10-21(35)8-16)33-25-31-11-19(28)12-32-25/h5-10,19,22,35H,2-4,11-13H2,1H3,(H,30,37)(H,34,36)(H2,31,32,33). The van der Waals surface area contributed by atoms with Gasteiger partial charge in [-0.3, -0.25) is 9.59 Å². The summed E-state index contributed by atoms with van der Waals surface area (Å²) in [6.07, 6.45) is 1.09. The summed E-state index contributed by atoms with van der Waals surface area (Å²) in [5.74, 6) is -0.780. The van der Waals surface area contributed by atoms with E-state index < -0.39 is 23.4 Å². The second-order valence-corrected chi connectivity index (χ2v) is 9.68. The Labute approximate surface area is 219 Å². The van der Waals surface area contributed by atoms with E-state index in [-0.39, 0.29) is 37.0 Å². The molecule has 1 fully saturated rings. The van der Waals surface area contributed by atoms with E-state index in [1.807, 2.05) is 13.0 Å². The van der Waals surface area contributed by atoms with Crippen LogP contribution in [0.4, 0.5) is 10.1 Å². The number of rotatable bonds is 8. The van der Waals surface area contributed by atoms with Crippen molar-refractivity contribution < 1.29 is 19.1 Å². The smallest absolute Gasteiger partial charge is 0.251 e. The first-order valence-electron chi connectivity index (χ1n) is 12.0. The van der Waals surface area contributed by atoms with E-state index in [9.17, 15) is 24.3 Å². The highest BCUT2D eigenvalue weighted by Gasteiger charge is 2.45. The van der Waals surface area contributed by atoms with Crippen LogP contribution in [0, 0.1) is 11.3 Å². The van der Waals surface area contributed by atoms with Gasteiger partial charge in [-0.25, -0.2) is 9.38 Å². The molecular weight excluding hydrogens is 499 g/mol. The lowest BCUT2D eigenvalue weighted by Crippen LogP contribution is -2.41. The van der Waals surface area contributed by atoms with Gasteiger partial charge in [0.25, 0.3) is 5.91 Å². The third kappa shape index (κ3) is 6.49. The number of carbonyl (C=O) groups is 2. The van der Waals surface area contributed by atoms with Crippen LogP contribution in [-0.4, -0.2) is 48.7 Å². The molecule has 2 amide bonds. The van der Waals surface area contributed by atoms with Gasteiger partial charge in [0.2, 0.25) is 5.91 Å². The van der Waals surface area contributed by atoms with Gasteiger partial charge >= 0.3 is 0 Å². The van der Waals surface area contributed by atoms with E-state index in [2.05, 4.69) is 32.3 Å². The number of amides is 2. The lowest BCUT2D eigenvalue weighted by atomic mass is 9.93. The number of alkyl halides is 1. The number of hydrogen-bond acceptors (Lipinski definition) is 7. The van der Waals surface area contributed by atoms with Gasteiger partial charge in [0.15, 0.2) is 5.96 Å². The Morgan fingerprint density at radius 2 is 2.08 bits per heavy atom. The fourth-order valence-corrected chi connectivity index (χ4v) is 4.41. The molecule has 0 radical (unpaired) electrons. The second-order valence-electron chi connectivity index (χ2n) is 9.24. The van der Waals surface area contributed by atoms with E-state index in [0.29, 0.717) is 23.1 Å². The molecular formula is C26H28ClFN6O3. The first-order valence-corrected chi connectivity index (χ1v) is 12.4. The number of guanidine groups is 1. The molecule has 0 bridgehead atoms. The highest BCUT2D eigenvalue weighted by atomic mass is 35.5. The van der Waals surface area contributed by atoms with E-state index in [1.165, 1.54) is 18.2 Å². The molecule has 9 nitrogen and oxygen atoms in total. The molecule has 2 aliphatic rings. The van der Waals surface area contributed by atoms with Gasteiger partial charge in [0.05, 0.1) is 37.2 Å². The minimum absolute atomic E-state index is 0.0189. The molecule has 1 aliphatic heterocycles. The Hall–Kier alpha value is -3.84. The Balaban J connectivity index is 1.37. The first-order chi connectivity index (χ1) is 17.7. The van der Waals surface area contributed by atoms with Crippen LogP contribution in [-0.2, 0) is 10.2 Å². The highest BCUT2D eigenvalue weighted by Crippen LogP contribution is 2.48. The molecule has 5 N–H and O–H groups in total. The lowest BCUT2D eigenvalue weighted by molar-refractivity contribution is -0.120. The summed E-state index contributed by atoms with van der Waals surface area (Å²) in [4.78, 5) is 29.4. The Morgan fingerprint density at radius 3 is 2.73 bits per heavy atom. The average Bonchev–Trinajstić information content (AvgIpc) is 3.68. The monoisotopic (exact) mass is 526 g/mol. The predicted molar refractivity (Wildman–Crippen MR) is 138 cm³/mol. The number of aliphatic imine (C=N–C) groups is 1. The van der Waals surface area contributed by atoms with Crippen LogP contribution in [0.5, 0.6) is 5.75 Å². The summed E-state index contributed by atoms with van der Waals surface area (Å²) in [5, 5.41) is 31.2. The molecule has 2 aromatic rings. The summed E-state index contributed by atoms with van der Waals surface area (Å²) in [6, 6.07) is 11.7. The summed E-state index contributed by atoms with van der Waals surface area (Å²) >= 11 is 6.31. The molecule has 2 unspecified atom stereocenters. The van der Waals surface area contributed by atoms with Crippen LogP contribution in [0.25, 0.3) is 0 Å². The number of nitriles is 1. The zero-order chi connectivity index (χ0) is 26.6. The highest BCUT2D eigenvalue weighted by molar-refractivity contribution is 6.30. The lowest BCUT2D eigenvalue weighted by Gasteiger charge is -2.20. The van der Waals surface area contributed by atoms with Crippen LogP contribution >= 0.6 is 11.6 Å². The molecule has 0 saturated heterocycles. The largest absolute Gasteiger partial charge is 0.508 e. The second kappa shape index (κ2) is 11.0. The number of phenols is 1. The number of nitrogens with zero attached hydrogens (tertiary/aromatic N) is 2. The van der Waals surface area contributed by atoms with Gasteiger partial charge in [-0.15, -0.1) is 0 Å². The number of halogens is 2. The molecule has 0 spiro atoms. The first kappa shape index (κ1) is 26.2. The van der Waals surface area contributed by atoms with Crippen molar-refractivity contribution in [3.63, 3.8) is 0 Å². The molecule has 0 aromatic heterocycles. The van der Waals surface area contributed by atoms with Crippen LogP contribution < -0.4 is 21.3 Å². The minimum Gasteiger partial charge on any atom is -0.508 e. The number of hydrogen-bond donors (Lipinski definition) is 5. The minimum atomic E-state index is -1.07. The van der Waals surface area contributed by atoms with Gasteiger partial charge in [-0.05, 0) is 54.7 Å². The maximum Gasteiger partial charge on any atom is 0.251 e. The maximum absolute atomic E-state index is 13.2. The average molecular weight is 527 g/mol. The van der Waals surface area contributed by atoms with E-state index in [0.717, 1.165) is 24.0 Å². The molecule has 1 heterocycles. The molecule has 37 heavy (non-hydrogen) atoms. The molecule has 1 aliphatic carbocycles. The predicted octanol–water partition coefficient (Wildman–Crippen LogP) is 3.31. The van der Waals surface area contributed by atoms with Crippen LogP contribution in [0.1, 0.15) is 53.7 Å². The van der Waals surface area contributed by atoms with Gasteiger partial charge in [0, 0.05) is 22.3 Å². The zero-order valence-electron chi connectivity index (χ0n) is 20.3. The topological polar surface area (TPSA) is 139 Å². The maximum atomic E-state index is 13.2. The molecule has 4 rings (SSSR count). The Bertz CT molecular complexity index is 1270. The van der Waals surface area contributed by atoms with Gasteiger partial charge in [0.1, 0.15) is 11.9 Å². The van der Waals surface area contributed by atoms with Crippen LogP contribution in [0.3, 0.4) is 0 Å². The van der Waals surface area contributed by atoms with Crippen molar-refractivity contribution in [2.24, 2.45) is 4.99 Å². The van der Waals surface area contributed by atoms with Crippen molar-refractivity contribution in [1.29, 1.82) is 5.26 Å². The summed E-state index contributed by atoms with van der Waals surface area (Å²) < 4.78 is 13.2. The van der Waals surface area contributed by atoms with Gasteiger partial charge in [-0.1, -0.05) is 24.6 Å². The quantitative estimate of drug-likeness (QED) is 0.358. The Kier molecular flexibility index (Phi) is 7.83. The number of phenolic OH excluding ortho intramolecular Hbond substituents is 1. The van der Waals surface area contributed by atoms with Gasteiger partial charge < -0.3 is 26.4 Å². The third-order valence-electron chi connectivity index (χ3n) is 6.37. The number of nitrogens with one attached hydrogen (secondary N) is 4. The van der Waals surface area contributed by atoms with Crippen LogP contribution in [0.15, 0.2) is 41.4 Å². The molecule has 11 heteroatoms. The molecule has 2 aromatic carbocycles. The zero-order valence-corrected chi connectivity index (χ0v) is 21.0. The van der Waals surface area contributed by atoms with Gasteiger partial charge in [-0.2, -0.15) is 5.26 Å². The SMILES string of the molecule is CCC(NC(=O)CNC(=O)c1cc(O)cc(NC2=NCC(F)CN2)c1)c1cc(Cl)cc(C2(C#N)CC2)c1. The summed E-state index contributed by atoms with van der Waals surface area (Å²) in [6.45, 7) is 1.77. The van der Waals surface area contributed by atoms with Crippen molar-refractivity contribution in [2.75, 3.05) is 25.0 Å². The number of aromatic hydroxyl groups is 1. The van der Waals surface area contributed by atoms with E-state index in [1.54, 1.807) is 12.1 Å². The number of benzene rings is 2. The normalized spacial score (nSPS) is 18.4. The van der Waals surface area contributed by atoms with Crippen molar-refractivity contribution in [2.45, 2.75) is 43.8 Å².